The molecular formula is C13H18BrClN2O2S. The molecule has 0 aromatic heterocycles. The van der Waals surface area contributed by atoms with Crippen molar-refractivity contribution < 1.29 is 8.42 Å². The maximum atomic E-state index is 12.4. The van der Waals surface area contributed by atoms with Gasteiger partial charge in [-0.3, -0.25) is 0 Å². The summed E-state index contributed by atoms with van der Waals surface area (Å²) in [5.74, 6) is 0.313. The summed E-state index contributed by atoms with van der Waals surface area (Å²) in [5.41, 5.74) is 0. The second-order valence-corrected chi connectivity index (χ2v) is 8.10. The quantitative estimate of drug-likeness (QED) is 0.843. The molecule has 0 spiro atoms. The van der Waals surface area contributed by atoms with Gasteiger partial charge in [-0.05, 0) is 57.0 Å². The Balaban J connectivity index is 2.13. The Hall–Kier alpha value is -0.140. The highest BCUT2D eigenvalue weighted by Crippen LogP contribution is 2.26. The van der Waals surface area contributed by atoms with E-state index in [2.05, 4.69) is 26.0 Å². The Labute approximate surface area is 133 Å². The molecule has 4 nitrogen and oxygen atoms in total. The minimum atomic E-state index is -3.59. The second-order valence-electron chi connectivity index (χ2n) is 5.09. The van der Waals surface area contributed by atoms with Crippen molar-refractivity contribution >= 4 is 37.6 Å². The van der Waals surface area contributed by atoms with Crippen molar-refractivity contribution in [3.05, 3.63) is 27.7 Å². The van der Waals surface area contributed by atoms with E-state index < -0.39 is 10.0 Å². The Bertz CT molecular complexity index is 574. The van der Waals surface area contributed by atoms with E-state index in [1.807, 2.05) is 6.92 Å². The summed E-state index contributed by atoms with van der Waals surface area (Å²) < 4.78 is 28.3. The van der Waals surface area contributed by atoms with Crippen LogP contribution in [0.4, 0.5) is 0 Å². The molecule has 1 saturated heterocycles. The van der Waals surface area contributed by atoms with Crippen LogP contribution in [0.5, 0.6) is 0 Å². The Morgan fingerprint density at radius 2 is 2.25 bits per heavy atom. The summed E-state index contributed by atoms with van der Waals surface area (Å²) in [6.45, 7) is 3.76. The molecule has 7 heteroatoms. The van der Waals surface area contributed by atoms with Crippen LogP contribution in [0.25, 0.3) is 0 Å². The van der Waals surface area contributed by atoms with E-state index >= 15 is 0 Å². The third kappa shape index (κ3) is 3.95. The van der Waals surface area contributed by atoms with Crippen molar-refractivity contribution in [1.82, 2.24) is 10.0 Å². The van der Waals surface area contributed by atoms with Crippen molar-refractivity contribution in [1.29, 1.82) is 0 Å². The smallest absolute Gasteiger partial charge is 0.242 e. The lowest BCUT2D eigenvalue weighted by atomic mass is 9.94. The number of sulfonamides is 1. The SMILES string of the molecule is CC(NS(=O)(=O)c1ccc(Br)cc1Cl)C1CCCNC1. The van der Waals surface area contributed by atoms with Crippen LogP contribution >= 0.6 is 27.5 Å². The van der Waals surface area contributed by atoms with Gasteiger partial charge in [0.2, 0.25) is 10.0 Å². The maximum absolute atomic E-state index is 12.4. The minimum Gasteiger partial charge on any atom is -0.316 e. The molecule has 2 unspecified atom stereocenters. The van der Waals surface area contributed by atoms with Crippen molar-refractivity contribution in [2.24, 2.45) is 5.92 Å². The fourth-order valence-electron chi connectivity index (χ4n) is 2.40. The van der Waals surface area contributed by atoms with Crippen LogP contribution in [0.1, 0.15) is 19.8 Å². The first-order chi connectivity index (χ1) is 9.40. The van der Waals surface area contributed by atoms with Crippen LogP contribution in [0.15, 0.2) is 27.6 Å². The van der Waals surface area contributed by atoms with Gasteiger partial charge in [0.15, 0.2) is 0 Å². The lowest BCUT2D eigenvalue weighted by Gasteiger charge is -2.28. The first-order valence-electron chi connectivity index (χ1n) is 6.58. The fourth-order valence-corrected chi connectivity index (χ4v) is 4.75. The Kier molecular flexibility index (Phi) is 5.48. The predicted octanol–water partition coefficient (Wildman–Crippen LogP) is 2.77. The third-order valence-electron chi connectivity index (χ3n) is 3.57. The van der Waals surface area contributed by atoms with Gasteiger partial charge < -0.3 is 5.32 Å². The van der Waals surface area contributed by atoms with E-state index in [0.29, 0.717) is 5.92 Å². The van der Waals surface area contributed by atoms with Gasteiger partial charge in [-0.2, -0.15) is 0 Å². The van der Waals surface area contributed by atoms with E-state index in [4.69, 9.17) is 11.6 Å². The average molecular weight is 382 g/mol. The fraction of sp³-hybridized carbons (Fsp3) is 0.538. The van der Waals surface area contributed by atoms with E-state index in [9.17, 15) is 8.42 Å². The highest BCUT2D eigenvalue weighted by Gasteiger charge is 2.26. The van der Waals surface area contributed by atoms with Crippen LogP contribution in [0.2, 0.25) is 5.02 Å². The van der Waals surface area contributed by atoms with Crippen molar-refractivity contribution in [2.45, 2.75) is 30.7 Å². The van der Waals surface area contributed by atoms with Gasteiger partial charge in [0.25, 0.3) is 0 Å². The molecule has 1 aromatic rings. The molecule has 0 amide bonds. The molecule has 1 aromatic carbocycles. The highest BCUT2D eigenvalue weighted by molar-refractivity contribution is 9.10. The number of rotatable bonds is 4. The molecule has 0 bridgehead atoms. The number of hydrogen-bond donors (Lipinski definition) is 2. The van der Waals surface area contributed by atoms with Gasteiger partial charge in [-0.15, -0.1) is 0 Å². The molecular weight excluding hydrogens is 364 g/mol. The monoisotopic (exact) mass is 380 g/mol. The third-order valence-corrected chi connectivity index (χ3v) is 6.10. The second kappa shape index (κ2) is 6.75. The molecule has 112 valence electrons. The molecule has 0 radical (unpaired) electrons. The molecule has 2 rings (SSSR count). The minimum absolute atomic E-state index is 0.118. The van der Waals surface area contributed by atoms with Gasteiger partial charge in [-0.25, -0.2) is 13.1 Å². The summed E-state index contributed by atoms with van der Waals surface area (Å²) in [6.07, 6.45) is 2.11. The van der Waals surface area contributed by atoms with Crippen LogP contribution in [-0.2, 0) is 10.0 Å². The first kappa shape index (κ1) is 16.2. The zero-order valence-corrected chi connectivity index (χ0v) is 14.4. The molecule has 1 aliphatic heterocycles. The lowest BCUT2D eigenvalue weighted by molar-refractivity contribution is 0.320. The molecule has 1 heterocycles. The molecule has 2 atom stereocenters. The largest absolute Gasteiger partial charge is 0.316 e. The molecule has 0 aliphatic carbocycles. The number of piperidine rings is 1. The van der Waals surface area contributed by atoms with Gasteiger partial charge in [0.1, 0.15) is 4.90 Å². The molecule has 1 fully saturated rings. The van der Waals surface area contributed by atoms with E-state index in [1.54, 1.807) is 12.1 Å². The lowest BCUT2D eigenvalue weighted by Crippen LogP contribution is -2.44. The van der Waals surface area contributed by atoms with E-state index in [1.165, 1.54) is 6.07 Å². The summed E-state index contributed by atoms with van der Waals surface area (Å²) in [6, 6.07) is 4.66. The van der Waals surface area contributed by atoms with Crippen LogP contribution in [0, 0.1) is 5.92 Å². The number of benzene rings is 1. The standard InChI is InChI=1S/C13H18BrClN2O2S/c1-9(10-3-2-6-16-8-10)17-20(18,19)13-5-4-11(14)7-12(13)15/h4-5,7,9-10,16-17H,2-3,6,8H2,1H3. The number of halogens is 2. The van der Waals surface area contributed by atoms with Gasteiger partial charge in [-0.1, -0.05) is 27.5 Å². The van der Waals surface area contributed by atoms with Crippen molar-refractivity contribution in [2.75, 3.05) is 13.1 Å². The zero-order valence-electron chi connectivity index (χ0n) is 11.2. The summed E-state index contributed by atoms with van der Waals surface area (Å²) >= 11 is 9.29. The predicted molar refractivity (Wildman–Crippen MR) is 84.5 cm³/mol. The Morgan fingerprint density at radius 3 is 2.85 bits per heavy atom. The summed E-state index contributed by atoms with van der Waals surface area (Å²) in [4.78, 5) is 0.123. The highest BCUT2D eigenvalue weighted by atomic mass is 79.9. The molecule has 1 aliphatic rings. The van der Waals surface area contributed by atoms with Gasteiger partial charge in [0, 0.05) is 10.5 Å². The van der Waals surface area contributed by atoms with Crippen molar-refractivity contribution in [3.8, 4) is 0 Å². The topological polar surface area (TPSA) is 58.2 Å². The van der Waals surface area contributed by atoms with Crippen LogP contribution in [0.3, 0.4) is 0 Å². The maximum Gasteiger partial charge on any atom is 0.242 e. The molecule has 2 N–H and O–H groups in total. The zero-order chi connectivity index (χ0) is 14.8. The van der Waals surface area contributed by atoms with Gasteiger partial charge >= 0.3 is 0 Å². The normalized spacial score (nSPS) is 21.6. The summed E-state index contributed by atoms with van der Waals surface area (Å²) in [7, 11) is -3.59. The van der Waals surface area contributed by atoms with Crippen molar-refractivity contribution in [3.63, 3.8) is 0 Å². The van der Waals surface area contributed by atoms with Gasteiger partial charge in [0.05, 0.1) is 5.02 Å². The first-order valence-corrected chi connectivity index (χ1v) is 9.23. The summed E-state index contributed by atoms with van der Waals surface area (Å²) in [5, 5.41) is 3.52. The van der Waals surface area contributed by atoms with Crippen LogP contribution < -0.4 is 10.0 Å². The number of nitrogens with one attached hydrogen (secondary N) is 2. The van der Waals surface area contributed by atoms with E-state index in [-0.39, 0.29) is 16.0 Å². The molecule has 0 saturated carbocycles. The van der Waals surface area contributed by atoms with Crippen LogP contribution in [-0.4, -0.2) is 27.5 Å². The average Bonchev–Trinajstić information content (AvgIpc) is 2.38. The van der Waals surface area contributed by atoms with E-state index in [0.717, 1.165) is 30.4 Å². The number of hydrogen-bond acceptors (Lipinski definition) is 3. The molecule has 20 heavy (non-hydrogen) atoms. The Morgan fingerprint density at radius 1 is 1.50 bits per heavy atom.